The van der Waals surface area contributed by atoms with Gasteiger partial charge in [-0.05, 0) is 109 Å². The molecule has 8 aromatic rings. The van der Waals surface area contributed by atoms with Gasteiger partial charge >= 0.3 is 0 Å². The van der Waals surface area contributed by atoms with Crippen LogP contribution in [0.2, 0.25) is 0 Å². The smallest absolute Gasteiger partial charge is 0.179 e. The highest BCUT2D eigenvalue weighted by Crippen LogP contribution is 2.27. The first-order chi connectivity index (χ1) is 61.7. The number of nitrogens with two attached hydrogens (primary N) is 7. The predicted octanol–water partition coefficient (Wildman–Crippen LogP) is 8.27. The van der Waals surface area contributed by atoms with Crippen molar-refractivity contribution >= 4 is 46.5 Å². The molecule has 5 aliphatic rings. The maximum Gasteiger partial charge on any atom is 0.179 e. The summed E-state index contributed by atoms with van der Waals surface area (Å²) in [4.78, 5) is 46.8. The van der Waals surface area contributed by atoms with Crippen molar-refractivity contribution in [3.05, 3.63) is 146 Å². The van der Waals surface area contributed by atoms with Crippen LogP contribution in [0.3, 0.4) is 0 Å². The molecule has 0 spiro atoms. The summed E-state index contributed by atoms with van der Waals surface area (Å²) in [5.41, 5.74) is 39.7. The molecule has 4 aliphatic heterocycles. The van der Waals surface area contributed by atoms with Gasteiger partial charge in [0.05, 0.1) is 57.9 Å². The summed E-state index contributed by atoms with van der Waals surface area (Å²) in [7, 11) is 7.30. The van der Waals surface area contributed by atoms with E-state index in [2.05, 4.69) is 70.8 Å². The maximum absolute atomic E-state index is 9.21. The number of pyridine rings is 8. The van der Waals surface area contributed by atoms with Gasteiger partial charge in [0.2, 0.25) is 0 Å². The van der Waals surface area contributed by atoms with Crippen LogP contribution >= 0.6 is 0 Å². The number of hydrogen-bond donors (Lipinski definition) is 7. The second kappa shape index (κ2) is 56.2. The fourth-order valence-corrected chi connectivity index (χ4v) is 12.7. The molecule has 128 heavy (non-hydrogen) atoms. The predicted molar refractivity (Wildman–Crippen MR) is 483 cm³/mol. The highest BCUT2D eigenvalue weighted by molar-refractivity contribution is 5.44. The summed E-state index contributed by atoms with van der Waals surface area (Å²) >= 11 is 0. The molecular formula is C88H118N32O8. The van der Waals surface area contributed by atoms with E-state index in [1.54, 1.807) is 167 Å². The highest BCUT2D eigenvalue weighted by Gasteiger charge is 2.29. The zero-order valence-electron chi connectivity index (χ0n) is 74.0. The SMILES string of the molecule is CC(C)N(C#N)CCOc1ccnc(N)c1.CC(CN(C)C#N)Oc1ccnc(N)c1.CN(C#N)CCOc1ccnc(N)c1.CN(C)c1cc(OC[C@@H]2CCCN2C#N)ccn1.Cc1cnc(N)cc1OC[C@@H]1CCCN1C#N.N#CN(CCOc1ccnc(N)c1)C1CCCCC1.N#CN1CC(Oc2ccnc(N)c2)C1.N#CN1CCC(Oc2ccnc(N)c2)C1. The summed E-state index contributed by atoms with van der Waals surface area (Å²) in [6.07, 6.45) is 41.1. The first kappa shape index (κ1) is 101. The summed E-state index contributed by atoms with van der Waals surface area (Å²) in [5, 5.41) is 70.2. The molecule has 1 saturated carbocycles. The minimum atomic E-state index is -0.0727. The molecule has 2 unspecified atom stereocenters. The molecular weight excluding hydrogens is 1630 g/mol. The Hall–Kier alpha value is -15.7. The molecule has 0 amide bonds. The molecule has 4 atom stereocenters. The van der Waals surface area contributed by atoms with Gasteiger partial charge in [0, 0.05) is 170 Å². The fraction of sp³-hybridized carbons (Fsp3) is 0.455. The molecule has 40 nitrogen and oxygen atoms in total. The number of hydrogen-bond acceptors (Lipinski definition) is 40. The van der Waals surface area contributed by atoms with Gasteiger partial charge in [-0.15, -0.1) is 0 Å². The number of nitriles is 8. The van der Waals surface area contributed by atoms with Crippen molar-refractivity contribution in [1.82, 2.24) is 79.1 Å². The van der Waals surface area contributed by atoms with Crippen LogP contribution in [-0.2, 0) is 0 Å². The summed E-state index contributed by atoms with van der Waals surface area (Å²) in [6.45, 7) is 16.9. The van der Waals surface area contributed by atoms with Crippen LogP contribution in [0.4, 0.5) is 46.5 Å². The summed E-state index contributed by atoms with van der Waals surface area (Å²) in [6, 6.07) is 27.0. The van der Waals surface area contributed by atoms with Crippen molar-refractivity contribution in [2.75, 3.05) is 172 Å². The Bertz CT molecular complexity index is 4960. The van der Waals surface area contributed by atoms with Gasteiger partial charge in [0.25, 0.3) is 0 Å². The molecule has 4 saturated heterocycles. The largest absolute Gasteiger partial charge is 0.492 e. The average Bonchev–Trinajstić information content (AvgIpc) is 1.16. The third-order valence-electron chi connectivity index (χ3n) is 19.5. The molecule has 14 N–H and O–H groups in total. The quantitative estimate of drug-likeness (QED) is 0.0171. The van der Waals surface area contributed by atoms with E-state index >= 15 is 0 Å². The number of aromatic nitrogens is 8. The van der Waals surface area contributed by atoms with Gasteiger partial charge in [-0.25, -0.2) is 39.9 Å². The second-order valence-corrected chi connectivity index (χ2v) is 30.2. The molecule has 5 fully saturated rings. The molecule has 1 aliphatic carbocycles. The van der Waals surface area contributed by atoms with Crippen LogP contribution < -0.4 is 82.9 Å². The Morgan fingerprint density at radius 1 is 0.414 bits per heavy atom. The Kier molecular flexibility index (Phi) is 44.4. The van der Waals surface area contributed by atoms with Crippen LogP contribution in [0.5, 0.6) is 46.0 Å². The zero-order chi connectivity index (χ0) is 93.0. The lowest BCUT2D eigenvalue weighted by Gasteiger charge is -2.34. The molecule has 0 radical (unpaired) electrons. The summed E-state index contributed by atoms with van der Waals surface area (Å²) < 4.78 is 44.7. The third kappa shape index (κ3) is 38.8. The maximum atomic E-state index is 9.21. The molecule has 40 heteroatoms. The van der Waals surface area contributed by atoms with Crippen LogP contribution in [0.1, 0.15) is 90.5 Å². The normalized spacial score (nSPS) is 15.1. The molecule has 0 bridgehead atoms. The number of likely N-dealkylation sites (N-methyl/N-ethyl adjacent to an activating group) is 2. The molecule has 8 aromatic heterocycles. The zero-order valence-corrected chi connectivity index (χ0v) is 74.0. The number of nitrogens with zero attached hydrogens (tertiary/aromatic N) is 25. The van der Waals surface area contributed by atoms with Gasteiger partial charge in [-0.2, -0.15) is 42.1 Å². The van der Waals surface area contributed by atoms with E-state index in [4.69, 9.17) is 115 Å². The van der Waals surface area contributed by atoms with Gasteiger partial charge in [-0.1, -0.05) is 19.3 Å². The van der Waals surface area contributed by atoms with Crippen LogP contribution in [0.15, 0.2) is 141 Å². The van der Waals surface area contributed by atoms with Crippen LogP contribution in [0.25, 0.3) is 0 Å². The van der Waals surface area contributed by atoms with Crippen LogP contribution in [0, 0.1) is 98.6 Å². The number of rotatable bonds is 29. The fourth-order valence-electron chi connectivity index (χ4n) is 12.7. The molecule has 12 heterocycles. The molecule has 678 valence electrons. The first-order valence-corrected chi connectivity index (χ1v) is 41.7. The van der Waals surface area contributed by atoms with E-state index in [1.807, 2.05) is 82.3 Å². The van der Waals surface area contributed by atoms with E-state index < -0.39 is 0 Å². The van der Waals surface area contributed by atoms with Gasteiger partial charge in [0.15, 0.2) is 49.5 Å². The van der Waals surface area contributed by atoms with E-state index in [-0.39, 0.29) is 36.4 Å². The van der Waals surface area contributed by atoms with Crippen LogP contribution in [-0.4, -0.2) is 248 Å². The lowest BCUT2D eigenvalue weighted by atomic mass is 9.94. The van der Waals surface area contributed by atoms with Gasteiger partial charge in [0.1, 0.15) is 144 Å². The van der Waals surface area contributed by atoms with Crippen molar-refractivity contribution < 1.29 is 37.9 Å². The second-order valence-electron chi connectivity index (χ2n) is 30.2. The lowest BCUT2D eigenvalue weighted by Crippen LogP contribution is -2.51. The Morgan fingerprint density at radius 3 is 1.30 bits per heavy atom. The Morgan fingerprint density at radius 2 is 0.844 bits per heavy atom. The Labute approximate surface area is 749 Å². The Balaban J connectivity index is 0.000000226. The number of anilines is 8. The lowest BCUT2D eigenvalue weighted by molar-refractivity contribution is 0.0590. The number of aryl methyl sites for hydroxylation is 1. The van der Waals surface area contributed by atoms with E-state index in [0.717, 1.165) is 87.5 Å². The topological polar surface area (TPSA) is 579 Å². The standard InChI is InChI=1S/C14H20N4O.C13H18N4O.C12H16N4O.C11H16N4O.C10H12N4O.C10H14N4O.C9H10N4O.C9H12N4O/c15-11-18(12-4-2-1-3-5-12)8-9-19-13-6-7-17-14(16)10-13;1-16(2)13-8-12(5-6-15-13)18-9-11-4-3-7-17(11)10-14;1-9-6-15-12(14)5-11(9)17-7-10-3-2-4-16(10)8-13;1-9(2)15(8-12)5-6-16-10-3-4-14-11(13)7-10;11-7-14-4-2-9(6-14)15-8-1-3-13-10(12)5-8;1-8(6-14(2)7-11)15-9-3-4-13-10(12)5-9;10-6-13-4-8(5-13)14-7-1-2-12-9(11)3-7;1-13(7-10)4-5-14-8-2-3-12-9(11)6-8/h6-7,10,12H,1-5,8-9H2,(H2,16,17);5-6,8,11H,3-4,7,9H2,1-2H3;5-6,10H,2-4,7H2,1H3,(H2,14,15);3-4,7,9H,5-6H2,1-2H3,(H2,13,14);1,3,5,9H,2,4,6H2,(H2,12,13);3-5,8H,6H2,1-2H3,(H2,12,13);1-3,8H,4-5H2,(H2,11,12);2-3,6H,4-5H2,1H3,(H2,11,12)/t;11-;10-;;;;;/m.00...../s1. The monoisotopic (exact) mass is 1750 g/mol. The third-order valence-corrected chi connectivity index (χ3v) is 19.5. The number of likely N-dealkylation sites (tertiary alicyclic amines) is 4. The minimum absolute atomic E-state index is 0.0727. The van der Waals surface area contributed by atoms with Crippen molar-refractivity contribution in [2.24, 2.45) is 0 Å². The molecule has 0 aromatic carbocycles. The molecule has 13 rings (SSSR count). The highest BCUT2D eigenvalue weighted by atomic mass is 16.5. The summed E-state index contributed by atoms with van der Waals surface area (Å²) in [5.74, 6) is 9.64. The van der Waals surface area contributed by atoms with Gasteiger partial charge < -0.3 is 122 Å². The van der Waals surface area contributed by atoms with Crippen molar-refractivity contribution in [3.63, 3.8) is 0 Å². The van der Waals surface area contributed by atoms with E-state index in [0.29, 0.717) is 160 Å². The van der Waals surface area contributed by atoms with Crippen molar-refractivity contribution in [1.29, 1.82) is 42.1 Å². The van der Waals surface area contributed by atoms with E-state index in [9.17, 15) is 5.26 Å². The van der Waals surface area contributed by atoms with Gasteiger partial charge in [-0.3, -0.25) is 0 Å². The van der Waals surface area contributed by atoms with E-state index in [1.165, 1.54) is 29.1 Å². The number of ether oxygens (including phenoxy) is 8. The number of nitrogen functional groups attached to an aromatic ring is 7. The minimum Gasteiger partial charge on any atom is -0.492 e. The van der Waals surface area contributed by atoms with Crippen molar-refractivity contribution in [3.8, 4) is 95.5 Å². The average molecular weight is 1750 g/mol. The first-order valence-electron chi connectivity index (χ1n) is 41.7. The van der Waals surface area contributed by atoms with Crippen molar-refractivity contribution in [2.45, 2.75) is 134 Å².